The van der Waals surface area contributed by atoms with Crippen molar-refractivity contribution >= 4 is 5.91 Å². The van der Waals surface area contributed by atoms with E-state index in [0.717, 1.165) is 19.3 Å². The molecule has 0 aromatic carbocycles. The molecule has 0 aromatic rings. The number of aliphatic hydroxyl groups excluding tert-OH is 1. The summed E-state index contributed by atoms with van der Waals surface area (Å²) in [5.41, 5.74) is 6.59. The second kappa shape index (κ2) is 5.58. The topological polar surface area (TPSA) is 107 Å². The lowest BCUT2D eigenvalue weighted by molar-refractivity contribution is -0.202. The first-order valence-corrected chi connectivity index (χ1v) is 8.03. The molecule has 1 aliphatic carbocycles. The minimum atomic E-state index is -0.961. The molecule has 1 amide bonds. The fourth-order valence-corrected chi connectivity index (χ4v) is 4.31. The van der Waals surface area contributed by atoms with Gasteiger partial charge in [0.15, 0.2) is 11.1 Å². The van der Waals surface area contributed by atoms with Gasteiger partial charge in [-0.2, -0.15) is 0 Å². The second-order valence-corrected chi connectivity index (χ2v) is 6.69. The Kier molecular flexibility index (Phi) is 3.86. The van der Waals surface area contributed by atoms with E-state index in [1.54, 1.807) is 0 Å². The van der Waals surface area contributed by atoms with E-state index in [9.17, 15) is 9.90 Å². The molecule has 0 radical (unpaired) electrons. The number of carbonyl (C=O) groups excluding carboxylic acids is 1. The third kappa shape index (κ3) is 2.07. The molecule has 0 bridgehead atoms. The first-order valence-electron chi connectivity index (χ1n) is 8.03. The fourth-order valence-electron chi connectivity index (χ4n) is 4.31. The number of ether oxygens (including phenoxy) is 1. The molecule has 7 nitrogen and oxygen atoms in total. The molecule has 23 heavy (non-hydrogen) atoms. The summed E-state index contributed by atoms with van der Waals surface area (Å²) >= 11 is 0. The Morgan fingerprint density at radius 1 is 1.70 bits per heavy atom. The van der Waals surface area contributed by atoms with Gasteiger partial charge < -0.3 is 15.2 Å². The van der Waals surface area contributed by atoms with Gasteiger partial charge >= 0.3 is 0 Å². The lowest BCUT2D eigenvalue weighted by atomic mass is 9.63. The number of amides is 1. The molecule has 5 atom stereocenters. The van der Waals surface area contributed by atoms with Crippen molar-refractivity contribution in [3.63, 3.8) is 0 Å². The maximum atomic E-state index is 12.5. The highest BCUT2D eigenvalue weighted by Gasteiger charge is 2.75. The van der Waals surface area contributed by atoms with E-state index in [-0.39, 0.29) is 18.4 Å². The minimum Gasteiger partial charge on any atom is -0.486 e. The van der Waals surface area contributed by atoms with E-state index < -0.39 is 23.2 Å². The van der Waals surface area contributed by atoms with Crippen LogP contribution in [0.5, 0.6) is 0 Å². The van der Waals surface area contributed by atoms with Gasteiger partial charge in [-0.25, -0.2) is 0 Å². The van der Waals surface area contributed by atoms with Crippen LogP contribution in [0.15, 0.2) is 29.6 Å². The number of carbonyl (C=O) groups is 1. The van der Waals surface area contributed by atoms with Crippen molar-refractivity contribution in [2.45, 2.75) is 49.9 Å². The molecule has 2 saturated heterocycles. The van der Waals surface area contributed by atoms with Crippen LogP contribution in [0.25, 0.3) is 10.4 Å². The van der Waals surface area contributed by atoms with Gasteiger partial charge in [0.2, 0.25) is 5.91 Å². The summed E-state index contributed by atoms with van der Waals surface area (Å²) in [5.74, 6) is -0.273. The van der Waals surface area contributed by atoms with Crippen LogP contribution in [0.1, 0.15) is 32.6 Å². The number of allylic oxidation sites excluding steroid dienone is 1. The zero-order chi connectivity index (χ0) is 16.7. The van der Waals surface area contributed by atoms with E-state index in [4.69, 9.17) is 10.3 Å². The van der Waals surface area contributed by atoms with Crippen LogP contribution in [0.3, 0.4) is 0 Å². The summed E-state index contributed by atoms with van der Waals surface area (Å²) in [7, 11) is 0. The quantitative estimate of drug-likeness (QED) is 0.351. The van der Waals surface area contributed by atoms with Crippen molar-refractivity contribution in [2.24, 2.45) is 17.0 Å². The standard InChI is InChI=1S/C16H22N4O3/c1-10-16(13(21)11-6-4-3-5-7-11)15(2,23-10)12(14(22)19-16)8-9-18-20-17/h4,6,11-13,21H,1,3,5,7-9H2,2H3,(H,19,22)/t11-,12+,13+,15+,16-/m1/s1. The van der Waals surface area contributed by atoms with Crippen LogP contribution in [-0.2, 0) is 9.53 Å². The predicted molar refractivity (Wildman–Crippen MR) is 84.1 cm³/mol. The Morgan fingerprint density at radius 2 is 2.48 bits per heavy atom. The highest BCUT2D eigenvalue weighted by molar-refractivity contribution is 5.87. The molecule has 2 fully saturated rings. The third-order valence-corrected chi connectivity index (χ3v) is 5.58. The van der Waals surface area contributed by atoms with Gasteiger partial charge in [0.1, 0.15) is 5.76 Å². The van der Waals surface area contributed by atoms with Gasteiger partial charge in [0, 0.05) is 17.4 Å². The maximum absolute atomic E-state index is 12.5. The van der Waals surface area contributed by atoms with Crippen LogP contribution in [-0.4, -0.2) is 34.8 Å². The van der Waals surface area contributed by atoms with Crippen molar-refractivity contribution in [1.82, 2.24) is 5.32 Å². The van der Waals surface area contributed by atoms with Gasteiger partial charge in [-0.1, -0.05) is 23.8 Å². The number of fused-ring (bicyclic) bond motifs is 1. The average Bonchev–Trinajstić information content (AvgIpc) is 2.72. The van der Waals surface area contributed by atoms with Crippen LogP contribution >= 0.6 is 0 Å². The molecule has 2 heterocycles. The first kappa shape index (κ1) is 15.9. The summed E-state index contributed by atoms with van der Waals surface area (Å²) in [4.78, 5) is 15.2. The van der Waals surface area contributed by atoms with Crippen molar-refractivity contribution in [2.75, 3.05) is 6.54 Å². The lowest BCUT2D eigenvalue weighted by Crippen LogP contribution is -2.75. The highest BCUT2D eigenvalue weighted by Crippen LogP contribution is 2.57. The van der Waals surface area contributed by atoms with Gasteiger partial charge in [-0.15, -0.1) is 0 Å². The van der Waals surface area contributed by atoms with Crippen LogP contribution in [0, 0.1) is 11.8 Å². The van der Waals surface area contributed by atoms with E-state index in [2.05, 4.69) is 28.0 Å². The molecule has 0 aromatic heterocycles. The first-order chi connectivity index (χ1) is 11.0. The monoisotopic (exact) mass is 318 g/mol. The van der Waals surface area contributed by atoms with Gasteiger partial charge in [-0.3, -0.25) is 4.79 Å². The van der Waals surface area contributed by atoms with E-state index in [1.165, 1.54) is 0 Å². The highest BCUT2D eigenvalue weighted by atomic mass is 16.5. The molecule has 3 aliphatic rings. The van der Waals surface area contributed by atoms with Crippen molar-refractivity contribution in [3.05, 3.63) is 34.9 Å². The minimum absolute atomic E-state index is 0.0279. The fraction of sp³-hybridized carbons (Fsp3) is 0.688. The summed E-state index contributed by atoms with van der Waals surface area (Å²) in [6, 6.07) is 0. The molecule has 2 N–H and O–H groups in total. The van der Waals surface area contributed by atoms with Crippen LogP contribution < -0.4 is 5.32 Å². The Balaban J connectivity index is 1.89. The zero-order valence-electron chi connectivity index (χ0n) is 13.2. The van der Waals surface area contributed by atoms with E-state index in [0.29, 0.717) is 12.2 Å². The van der Waals surface area contributed by atoms with Crippen molar-refractivity contribution in [1.29, 1.82) is 0 Å². The number of azide groups is 1. The molecule has 3 rings (SSSR count). The Hall–Kier alpha value is -1.98. The number of hydrogen-bond donors (Lipinski definition) is 2. The molecular weight excluding hydrogens is 296 g/mol. The van der Waals surface area contributed by atoms with Crippen LogP contribution in [0.2, 0.25) is 0 Å². The van der Waals surface area contributed by atoms with Gasteiger partial charge in [-0.05, 0) is 38.1 Å². The SMILES string of the molecule is C=C1O[C@@]2(C)[C@@H](CCN=[N+]=[N-])C(=O)N[C@@]12[C@@H](O)[C@@H]1C=CCCC1. The molecule has 2 aliphatic heterocycles. The summed E-state index contributed by atoms with van der Waals surface area (Å²) in [6.07, 6.45) is 6.62. The Labute approximate surface area is 135 Å². The molecule has 0 unspecified atom stereocenters. The summed E-state index contributed by atoms with van der Waals surface area (Å²) < 4.78 is 5.78. The third-order valence-electron chi connectivity index (χ3n) is 5.58. The number of hydrogen-bond acceptors (Lipinski definition) is 4. The van der Waals surface area contributed by atoms with Crippen molar-refractivity contribution in [3.8, 4) is 0 Å². The summed E-state index contributed by atoms with van der Waals surface area (Å²) in [5, 5.41) is 17.5. The largest absolute Gasteiger partial charge is 0.486 e. The number of nitrogens with zero attached hydrogens (tertiary/aromatic N) is 3. The summed E-state index contributed by atoms with van der Waals surface area (Å²) in [6.45, 7) is 5.95. The second-order valence-electron chi connectivity index (χ2n) is 6.69. The van der Waals surface area contributed by atoms with Crippen LogP contribution in [0.4, 0.5) is 0 Å². The van der Waals surface area contributed by atoms with Gasteiger partial charge in [0.05, 0.1) is 12.0 Å². The maximum Gasteiger partial charge on any atom is 0.228 e. The molecule has 7 heteroatoms. The Bertz CT molecular complexity index is 612. The van der Waals surface area contributed by atoms with Crippen molar-refractivity contribution < 1.29 is 14.6 Å². The normalized spacial score (nSPS) is 39.6. The predicted octanol–water partition coefficient (Wildman–Crippen LogP) is 2.19. The van der Waals surface area contributed by atoms with E-state index >= 15 is 0 Å². The number of rotatable bonds is 5. The smallest absolute Gasteiger partial charge is 0.228 e. The number of aliphatic hydroxyl groups is 1. The lowest BCUT2D eigenvalue weighted by Gasteiger charge is -2.58. The molecular formula is C16H22N4O3. The molecule has 0 spiro atoms. The molecule has 0 saturated carbocycles. The van der Waals surface area contributed by atoms with Gasteiger partial charge in [0.25, 0.3) is 0 Å². The zero-order valence-corrected chi connectivity index (χ0v) is 13.2. The number of nitrogens with one attached hydrogen (secondary N) is 1. The van der Waals surface area contributed by atoms with E-state index in [1.807, 2.05) is 13.0 Å². The average molecular weight is 318 g/mol. The Morgan fingerprint density at radius 3 is 3.09 bits per heavy atom. The molecule has 124 valence electrons.